The van der Waals surface area contributed by atoms with E-state index in [0.717, 1.165) is 38.5 Å². The molecule has 0 aliphatic carbocycles. The fraction of sp³-hybridized carbons (Fsp3) is 0.333. The smallest absolute Gasteiger partial charge is 0.156 e. The number of nitrogens with zero attached hydrogens (tertiary/aromatic N) is 4. The highest BCUT2D eigenvalue weighted by Crippen LogP contribution is 2.32. The van der Waals surface area contributed by atoms with Gasteiger partial charge in [-0.3, -0.25) is 4.90 Å². The molecule has 0 radical (unpaired) electrons. The highest BCUT2D eigenvalue weighted by atomic mass is 35.5. The Morgan fingerprint density at radius 1 is 1.12 bits per heavy atom. The van der Waals surface area contributed by atoms with E-state index in [9.17, 15) is 0 Å². The Morgan fingerprint density at radius 2 is 1.84 bits per heavy atom. The van der Waals surface area contributed by atoms with Crippen LogP contribution in [0.3, 0.4) is 0 Å². The molecule has 1 aliphatic rings. The van der Waals surface area contributed by atoms with Gasteiger partial charge in [0.15, 0.2) is 5.75 Å². The number of piperazine rings is 1. The number of rotatable bonds is 5. The zero-order chi connectivity index (χ0) is 17.6. The van der Waals surface area contributed by atoms with Crippen LogP contribution in [0.5, 0.6) is 5.75 Å². The van der Waals surface area contributed by atoms with E-state index in [4.69, 9.17) is 33.2 Å². The first-order valence-electron chi connectivity index (χ1n) is 8.07. The normalized spacial score (nSPS) is 15.0. The summed E-state index contributed by atoms with van der Waals surface area (Å²) in [5.74, 6) is 1.40. The van der Waals surface area contributed by atoms with Crippen LogP contribution >= 0.6 is 23.2 Å². The van der Waals surface area contributed by atoms with Crippen molar-refractivity contribution in [3.05, 3.63) is 52.1 Å². The first-order valence-corrected chi connectivity index (χ1v) is 8.83. The van der Waals surface area contributed by atoms with Gasteiger partial charge in [0.05, 0.1) is 21.7 Å². The third-order valence-electron chi connectivity index (χ3n) is 4.14. The summed E-state index contributed by atoms with van der Waals surface area (Å²) in [5, 5.41) is 10.1. The second kappa shape index (κ2) is 8.39. The summed E-state index contributed by atoms with van der Waals surface area (Å²) in [4.78, 5) is 8.89. The van der Waals surface area contributed by atoms with Crippen molar-refractivity contribution in [1.29, 1.82) is 5.26 Å². The van der Waals surface area contributed by atoms with Gasteiger partial charge in [0.25, 0.3) is 0 Å². The average Bonchev–Trinajstić information content (AvgIpc) is 2.65. The number of hydrogen-bond acceptors (Lipinski definition) is 5. The lowest BCUT2D eigenvalue weighted by Gasteiger charge is -2.35. The van der Waals surface area contributed by atoms with Crippen molar-refractivity contribution in [3.8, 4) is 11.8 Å². The number of para-hydroxylation sites is 1. The van der Waals surface area contributed by atoms with Gasteiger partial charge < -0.3 is 9.64 Å². The summed E-state index contributed by atoms with van der Waals surface area (Å²) in [6, 6.07) is 11.0. The minimum Gasteiger partial charge on any atom is -0.489 e. The average molecular weight is 377 g/mol. The summed E-state index contributed by atoms with van der Waals surface area (Å²) < 4.78 is 5.74. The molecule has 3 rings (SSSR count). The van der Waals surface area contributed by atoms with E-state index in [-0.39, 0.29) is 0 Å². The van der Waals surface area contributed by atoms with Crippen LogP contribution in [0.2, 0.25) is 10.0 Å². The summed E-state index contributed by atoms with van der Waals surface area (Å²) in [6.45, 7) is 4.91. The molecule has 7 heteroatoms. The van der Waals surface area contributed by atoms with Crippen molar-refractivity contribution in [2.24, 2.45) is 0 Å². The Hall–Kier alpha value is -2.00. The highest BCUT2D eigenvalue weighted by molar-refractivity contribution is 6.37. The van der Waals surface area contributed by atoms with E-state index in [1.54, 1.807) is 30.5 Å². The first kappa shape index (κ1) is 17.8. The lowest BCUT2D eigenvalue weighted by molar-refractivity contribution is 0.200. The van der Waals surface area contributed by atoms with Crippen LogP contribution in [0, 0.1) is 11.3 Å². The molecule has 1 aromatic carbocycles. The Kier molecular flexibility index (Phi) is 5.98. The van der Waals surface area contributed by atoms with Gasteiger partial charge in [-0.05, 0) is 24.3 Å². The molecule has 0 atom stereocenters. The predicted octanol–water partition coefficient (Wildman–Crippen LogP) is 3.46. The summed E-state index contributed by atoms with van der Waals surface area (Å²) in [5.41, 5.74) is 0.637. The molecule has 130 valence electrons. The molecule has 25 heavy (non-hydrogen) atoms. The summed E-state index contributed by atoms with van der Waals surface area (Å²) >= 11 is 12.2. The minimum absolute atomic E-state index is 0.528. The number of aromatic nitrogens is 1. The van der Waals surface area contributed by atoms with Crippen molar-refractivity contribution in [3.63, 3.8) is 0 Å². The van der Waals surface area contributed by atoms with Gasteiger partial charge in [0.1, 0.15) is 12.4 Å². The quantitative estimate of drug-likeness (QED) is 0.799. The number of pyridine rings is 1. The summed E-state index contributed by atoms with van der Waals surface area (Å²) in [6.07, 6.45) is 1.68. The van der Waals surface area contributed by atoms with Gasteiger partial charge in [-0.2, -0.15) is 5.26 Å². The van der Waals surface area contributed by atoms with E-state index in [2.05, 4.69) is 20.9 Å². The van der Waals surface area contributed by atoms with Crippen LogP contribution in [0.4, 0.5) is 5.82 Å². The maximum Gasteiger partial charge on any atom is 0.156 e. The number of nitriles is 1. The lowest BCUT2D eigenvalue weighted by Crippen LogP contribution is -2.47. The summed E-state index contributed by atoms with van der Waals surface area (Å²) in [7, 11) is 0. The van der Waals surface area contributed by atoms with Crippen LogP contribution in [0.15, 0.2) is 36.5 Å². The predicted molar refractivity (Wildman–Crippen MR) is 99.6 cm³/mol. The Morgan fingerprint density at radius 3 is 2.52 bits per heavy atom. The SMILES string of the molecule is N#Cc1ccnc(N2CCN(CCOc3c(Cl)cccc3Cl)CC2)c1. The number of hydrogen-bond donors (Lipinski definition) is 0. The Bertz CT molecular complexity index is 750. The molecule has 1 saturated heterocycles. The molecule has 1 aromatic heterocycles. The van der Waals surface area contributed by atoms with Crippen molar-refractivity contribution in [1.82, 2.24) is 9.88 Å². The number of ether oxygens (including phenoxy) is 1. The molecule has 2 heterocycles. The largest absolute Gasteiger partial charge is 0.489 e. The standard InChI is InChI=1S/C18H18Cl2N4O/c19-15-2-1-3-16(20)18(15)25-11-10-23-6-8-24(9-7-23)17-12-14(13-21)4-5-22-17/h1-5,12H,6-11H2. The number of anilines is 1. The molecular formula is C18H18Cl2N4O. The van der Waals surface area contributed by atoms with Crippen molar-refractivity contribution >= 4 is 29.0 Å². The Balaban J connectivity index is 1.47. The molecule has 0 N–H and O–H groups in total. The lowest BCUT2D eigenvalue weighted by atomic mass is 10.2. The van der Waals surface area contributed by atoms with Gasteiger partial charge in [-0.1, -0.05) is 29.3 Å². The zero-order valence-electron chi connectivity index (χ0n) is 13.7. The van der Waals surface area contributed by atoms with E-state index in [0.29, 0.717) is 28.0 Å². The maximum absolute atomic E-state index is 9.00. The molecule has 1 fully saturated rings. The molecule has 0 saturated carbocycles. The topological polar surface area (TPSA) is 52.4 Å². The molecule has 2 aromatic rings. The van der Waals surface area contributed by atoms with E-state index in [1.165, 1.54) is 0 Å². The van der Waals surface area contributed by atoms with E-state index >= 15 is 0 Å². The van der Waals surface area contributed by atoms with Crippen LogP contribution in [-0.4, -0.2) is 49.2 Å². The molecule has 5 nitrogen and oxygen atoms in total. The maximum atomic E-state index is 9.00. The molecule has 1 aliphatic heterocycles. The third-order valence-corrected chi connectivity index (χ3v) is 4.74. The zero-order valence-corrected chi connectivity index (χ0v) is 15.2. The van der Waals surface area contributed by atoms with Crippen LogP contribution in [-0.2, 0) is 0 Å². The van der Waals surface area contributed by atoms with Gasteiger partial charge in [0.2, 0.25) is 0 Å². The Labute approximate surface area is 157 Å². The second-order valence-corrected chi connectivity index (χ2v) is 6.56. The number of halogens is 2. The van der Waals surface area contributed by atoms with Crippen LogP contribution < -0.4 is 9.64 Å². The van der Waals surface area contributed by atoms with Crippen molar-refractivity contribution in [2.45, 2.75) is 0 Å². The monoisotopic (exact) mass is 376 g/mol. The van der Waals surface area contributed by atoms with Gasteiger partial charge in [-0.25, -0.2) is 4.98 Å². The molecule has 0 spiro atoms. The molecular weight excluding hydrogens is 359 g/mol. The van der Waals surface area contributed by atoms with Gasteiger partial charge in [0, 0.05) is 38.9 Å². The van der Waals surface area contributed by atoms with Crippen LogP contribution in [0.1, 0.15) is 5.56 Å². The molecule has 0 bridgehead atoms. The first-order chi connectivity index (χ1) is 12.2. The fourth-order valence-electron chi connectivity index (χ4n) is 2.76. The van der Waals surface area contributed by atoms with Gasteiger partial charge in [-0.15, -0.1) is 0 Å². The van der Waals surface area contributed by atoms with Crippen LogP contribution in [0.25, 0.3) is 0 Å². The van der Waals surface area contributed by atoms with E-state index < -0.39 is 0 Å². The minimum atomic E-state index is 0.528. The van der Waals surface area contributed by atoms with Crippen molar-refractivity contribution < 1.29 is 4.74 Å². The van der Waals surface area contributed by atoms with E-state index in [1.807, 2.05) is 6.07 Å². The molecule has 0 unspecified atom stereocenters. The fourth-order valence-corrected chi connectivity index (χ4v) is 3.27. The third kappa shape index (κ3) is 4.55. The molecule has 0 amide bonds. The second-order valence-electron chi connectivity index (χ2n) is 5.74. The van der Waals surface area contributed by atoms with Gasteiger partial charge >= 0.3 is 0 Å². The van der Waals surface area contributed by atoms with Crippen molar-refractivity contribution in [2.75, 3.05) is 44.2 Å². The number of benzene rings is 1. The highest BCUT2D eigenvalue weighted by Gasteiger charge is 2.18.